The van der Waals surface area contributed by atoms with Gasteiger partial charge in [0, 0.05) is 11.3 Å². The van der Waals surface area contributed by atoms with Crippen LogP contribution in [0.4, 0.5) is 5.69 Å². The molecule has 3 aromatic rings. The Morgan fingerprint density at radius 1 is 1.07 bits per heavy atom. The van der Waals surface area contributed by atoms with Crippen molar-refractivity contribution in [2.75, 3.05) is 5.32 Å². The third-order valence-corrected chi connectivity index (χ3v) is 7.61. The summed E-state index contributed by atoms with van der Waals surface area (Å²) in [6, 6.07) is 15.0. The second kappa shape index (κ2) is 9.13. The fraction of sp³-hybridized carbons (Fsp3) is 0.400. The Kier molecular flexibility index (Phi) is 6.51. The SMILES string of the molecule is CC1=CC(C)(C)Nc2ccccc21.NSc1nc2c(C3CCCCC3)cccc2s1. The van der Waals surface area contributed by atoms with E-state index >= 15 is 0 Å². The first kappa shape index (κ1) is 21.4. The maximum absolute atomic E-state index is 5.61. The third-order valence-electron chi connectivity index (χ3n) is 5.96. The van der Waals surface area contributed by atoms with Gasteiger partial charge in [-0.3, -0.25) is 5.14 Å². The number of aromatic nitrogens is 1. The van der Waals surface area contributed by atoms with E-state index in [9.17, 15) is 0 Å². The van der Waals surface area contributed by atoms with Crippen molar-refractivity contribution in [3.05, 3.63) is 59.7 Å². The van der Waals surface area contributed by atoms with Crippen LogP contribution in [-0.4, -0.2) is 10.5 Å². The number of nitrogens with zero attached hydrogens (tertiary/aromatic N) is 1. The zero-order valence-corrected chi connectivity index (χ0v) is 19.7. The van der Waals surface area contributed by atoms with Gasteiger partial charge in [-0.05, 0) is 74.7 Å². The molecule has 5 rings (SSSR count). The quantitative estimate of drug-likeness (QED) is 0.405. The van der Waals surface area contributed by atoms with Gasteiger partial charge in [0.25, 0.3) is 0 Å². The second-order valence-corrected chi connectivity index (χ2v) is 10.8. The molecule has 2 aliphatic rings. The first-order valence-corrected chi connectivity index (χ1v) is 12.5. The number of para-hydroxylation sites is 2. The predicted molar refractivity (Wildman–Crippen MR) is 133 cm³/mol. The van der Waals surface area contributed by atoms with Crippen LogP contribution >= 0.6 is 23.3 Å². The average molecular weight is 438 g/mol. The monoisotopic (exact) mass is 437 g/mol. The van der Waals surface area contributed by atoms with Gasteiger partial charge in [0.2, 0.25) is 0 Å². The summed E-state index contributed by atoms with van der Waals surface area (Å²) in [6.07, 6.45) is 9.04. The van der Waals surface area contributed by atoms with E-state index in [1.807, 2.05) is 0 Å². The zero-order chi connectivity index (χ0) is 21.1. The summed E-state index contributed by atoms with van der Waals surface area (Å²) >= 11 is 2.96. The first-order valence-electron chi connectivity index (χ1n) is 10.8. The Labute approximate surface area is 188 Å². The molecule has 2 aromatic carbocycles. The lowest BCUT2D eigenvalue weighted by Gasteiger charge is -2.31. The molecule has 0 radical (unpaired) electrons. The minimum atomic E-state index is 0.0818. The Morgan fingerprint density at radius 3 is 2.60 bits per heavy atom. The standard InChI is InChI=1S/C13H16N2S2.C12H15N/c14-17-13-15-12-10(7-4-8-11(12)16-13)9-5-2-1-3-6-9;1-9-8-12(2,3)13-11-7-5-4-6-10(9)11/h4,7-9H,1-3,5-6,14H2;4-8,13H,1-3H3. The highest BCUT2D eigenvalue weighted by Gasteiger charge is 2.21. The minimum Gasteiger partial charge on any atom is -0.376 e. The molecule has 1 fully saturated rings. The summed E-state index contributed by atoms with van der Waals surface area (Å²) in [6.45, 7) is 6.54. The smallest absolute Gasteiger partial charge is 0.165 e. The summed E-state index contributed by atoms with van der Waals surface area (Å²) in [7, 11) is 0. The number of rotatable bonds is 2. The number of anilines is 1. The summed E-state index contributed by atoms with van der Waals surface area (Å²) in [5.74, 6) is 0.713. The van der Waals surface area contributed by atoms with Crippen molar-refractivity contribution in [3.63, 3.8) is 0 Å². The fourth-order valence-corrected chi connectivity index (χ4v) is 6.02. The van der Waals surface area contributed by atoms with E-state index in [-0.39, 0.29) is 5.54 Å². The van der Waals surface area contributed by atoms with E-state index in [0.29, 0.717) is 5.92 Å². The van der Waals surface area contributed by atoms with Gasteiger partial charge in [0.15, 0.2) is 4.34 Å². The molecule has 3 N–H and O–H groups in total. The van der Waals surface area contributed by atoms with Gasteiger partial charge in [0.1, 0.15) is 0 Å². The molecule has 1 aliphatic carbocycles. The lowest BCUT2D eigenvalue weighted by molar-refractivity contribution is 0.445. The first-order chi connectivity index (χ1) is 14.5. The minimum absolute atomic E-state index is 0.0818. The number of benzene rings is 2. The molecule has 0 saturated heterocycles. The molecule has 0 bridgehead atoms. The number of thiazole rings is 1. The number of hydrogen-bond donors (Lipinski definition) is 2. The van der Waals surface area contributed by atoms with Crippen molar-refractivity contribution in [1.29, 1.82) is 0 Å². The summed E-state index contributed by atoms with van der Waals surface area (Å²) in [5.41, 5.74) is 6.64. The molecule has 30 heavy (non-hydrogen) atoms. The Balaban J connectivity index is 0.000000151. The topological polar surface area (TPSA) is 50.9 Å². The van der Waals surface area contributed by atoms with Crippen molar-refractivity contribution in [3.8, 4) is 0 Å². The van der Waals surface area contributed by atoms with E-state index in [1.165, 1.54) is 76.7 Å². The average Bonchev–Trinajstić information content (AvgIpc) is 3.17. The highest BCUT2D eigenvalue weighted by molar-refractivity contribution is 7.99. The van der Waals surface area contributed by atoms with Crippen molar-refractivity contribution < 1.29 is 0 Å². The molecule has 5 heteroatoms. The Hall–Kier alpha value is -1.82. The van der Waals surface area contributed by atoms with E-state index in [4.69, 9.17) is 5.14 Å². The van der Waals surface area contributed by atoms with Gasteiger partial charge in [-0.25, -0.2) is 4.98 Å². The predicted octanol–water partition coefficient (Wildman–Crippen LogP) is 7.60. The van der Waals surface area contributed by atoms with Gasteiger partial charge in [0.05, 0.1) is 15.8 Å². The fourth-order valence-electron chi connectivity index (χ4n) is 4.68. The molecule has 0 atom stereocenters. The largest absolute Gasteiger partial charge is 0.376 e. The van der Waals surface area contributed by atoms with Gasteiger partial charge < -0.3 is 5.32 Å². The molecule has 0 spiro atoms. The van der Waals surface area contributed by atoms with Crippen LogP contribution in [0.2, 0.25) is 0 Å². The van der Waals surface area contributed by atoms with Crippen LogP contribution in [0.1, 0.15) is 69.9 Å². The highest BCUT2D eigenvalue weighted by atomic mass is 32.2. The zero-order valence-electron chi connectivity index (χ0n) is 18.1. The lowest BCUT2D eigenvalue weighted by atomic mass is 9.84. The lowest BCUT2D eigenvalue weighted by Crippen LogP contribution is -2.31. The van der Waals surface area contributed by atoms with E-state index in [1.54, 1.807) is 11.3 Å². The van der Waals surface area contributed by atoms with Crippen LogP contribution in [0.25, 0.3) is 15.8 Å². The molecule has 3 nitrogen and oxygen atoms in total. The Morgan fingerprint density at radius 2 is 1.83 bits per heavy atom. The number of nitrogens with two attached hydrogens (primary N) is 1. The number of allylic oxidation sites excluding steroid dienone is 1. The molecule has 0 amide bonds. The third kappa shape index (κ3) is 4.74. The molecule has 2 heterocycles. The van der Waals surface area contributed by atoms with Crippen molar-refractivity contribution in [2.24, 2.45) is 5.14 Å². The van der Waals surface area contributed by atoms with Crippen molar-refractivity contribution in [1.82, 2.24) is 4.98 Å². The van der Waals surface area contributed by atoms with E-state index in [0.717, 1.165) is 4.34 Å². The molecule has 158 valence electrons. The second-order valence-electron chi connectivity index (χ2n) is 8.85. The van der Waals surface area contributed by atoms with Crippen LogP contribution in [0, 0.1) is 0 Å². The van der Waals surface area contributed by atoms with Gasteiger partial charge in [-0.2, -0.15) is 0 Å². The molecule has 0 unspecified atom stereocenters. The van der Waals surface area contributed by atoms with Crippen LogP contribution < -0.4 is 10.5 Å². The molecular weight excluding hydrogens is 406 g/mol. The number of fused-ring (bicyclic) bond motifs is 2. The molecule has 1 saturated carbocycles. The number of hydrogen-bond acceptors (Lipinski definition) is 5. The molecule has 1 aromatic heterocycles. The van der Waals surface area contributed by atoms with Gasteiger partial charge >= 0.3 is 0 Å². The van der Waals surface area contributed by atoms with Crippen LogP contribution in [0.3, 0.4) is 0 Å². The van der Waals surface area contributed by atoms with Gasteiger partial charge in [-0.1, -0.05) is 55.7 Å². The maximum Gasteiger partial charge on any atom is 0.165 e. The molecular formula is C25H31N3S2. The Bertz CT molecular complexity index is 1050. The number of nitrogens with one attached hydrogen (secondary N) is 1. The van der Waals surface area contributed by atoms with E-state index < -0.39 is 0 Å². The summed E-state index contributed by atoms with van der Waals surface area (Å²) in [4.78, 5) is 4.66. The van der Waals surface area contributed by atoms with Crippen molar-refractivity contribution >= 4 is 44.8 Å². The van der Waals surface area contributed by atoms with Crippen LogP contribution in [0.5, 0.6) is 0 Å². The summed E-state index contributed by atoms with van der Waals surface area (Å²) < 4.78 is 2.25. The van der Waals surface area contributed by atoms with Crippen LogP contribution in [0.15, 0.2) is 52.9 Å². The van der Waals surface area contributed by atoms with Crippen LogP contribution in [-0.2, 0) is 0 Å². The van der Waals surface area contributed by atoms with E-state index in [2.05, 4.69) is 79.6 Å². The highest BCUT2D eigenvalue weighted by Crippen LogP contribution is 2.38. The van der Waals surface area contributed by atoms with Gasteiger partial charge in [-0.15, -0.1) is 11.3 Å². The molecule has 1 aliphatic heterocycles. The van der Waals surface area contributed by atoms with Crippen molar-refractivity contribution in [2.45, 2.75) is 68.7 Å². The normalized spacial score (nSPS) is 18.1. The maximum atomic E-state index is 5.61. The summed E-state index contributed by atoms with van der Waals surface area (Å²) in [5, 5.41) is 9.10.